The predicted octanol–water partition coefficient (Wildman–Crippen LogP) is -0.178. The van der Waals surface area contributed by atoms with Gasteiger partial charge in [-0.15, -0.1) is 0 Å². The van der Waals surface area contributed by atoms with Crippen molar-refractivity contribution in [2.75, 3.05) is 7.11 Å². The van der Waals surface area contributed by atoms with Crippen LogP contribution in [0, 0.1) is 0 Å². The first kappa shape index (κ1) is 8.58. The first-order valence-electron chi connectivity index (χ1n) is 3.36. The molecule has 1 amide bonds. The molecule has 0 spiro atoms. The van der Waals surface area contributed by atoms with E-state index in [0.717, 1.165) is 0 Å². The fourth-order valence-electron chi connectivity index (χ4n) is 0.939. The van der Waals surface area contributed by atoms with Crippen LogP contribution >= 0.6 is 0 Å². The molecule has 1 N–H and O–H groups in total. The Morgan fingerprint density at radius 3 is 3.00 bits per heavy atom. The summed E-state index contributed by atoms with van der Waals surface area (Å²) in [5, 5.41) is 2.30. The highest BCUT2D eigenvalue weighted by molar-refractivity contribution is 5.85. The molecule has 1 aliphatic heterocycles. The highest BCUT2D eigenvalue weighted by atomic mass is 16.6. The maximum absolute atomic E-state index is 11.0. The molecule has 1 heterocycles. The summed E-state index contributed by atoms with van der Waals surface area (Å²) in [7, 11) is 1.24. The van der Waals surface area contributed by atoms with Gasteiger partial charge in [-0.3, -0.25) is 0 Å². The number of methoxy groups -OCH3 is 1. The van der Waals surface area contributed by atoms with Crippen LogP contribution < -0.4 is 5.32 Å². The van der Waals surface area contributed by atoms with Crippen molar-refractivity contribution in [2.24, 2.45) is 0 Å². The smallest absolute Gasteiger partial charge is 0.408 e. The van der Waals surface area contributed by atoms with E-state index in [0.29, 0.717) is 0 Å². The third kappa shape index (κ3) is 1.39. The second kappa shape index (κ2) is 3.25. The van der Waals surface area contributed by atoms with Crippen molar-refractivity contribution in [2.45, 2.75) is 12.1 Å². The highest BCUT2D eigenvalue weighted by Gasteiger charge is 2.37. The van der Waals surface area contributed by atoms with Gasteiger partial charge in [0.25, 0.3) is 0 Å². The molecule has 0 aliphatic carbocycles. The molecular formula is C7H9NO4. The number of amides is 1. The van der Waals surface area contributed by atoms with Gasteiger partial charge < -0.3 is 14.8 Å². The molecule has 0 aromatic rings. The number of carbonyl (C=O) groups excluding carboxylic acids is 2. The highest BCUT2D eigenvalue weighted by Crippen LogP contribution is 2.10. The predicted molar refractivity (Wildman–Crippen MR) is 39.4 cm³/mol. The van der Waals surface area contributed by atoms with Crippen molar-refractivity contribution in [1.82, 2.24) is 5.32 Å². The van der Waals surface area contributed by atoms with E-state index in [1.54, 1.807) is 0 Å². The second-order valence-corrected chi connectivity index (χ2v) is 2.25. The molecule has 66 valence electrons. The monoisotopic (exact) mass is 171 g/mol. The average Bonchev–Trinajstić information content (AvgIpc) is 2.45. The zero-order valence-electron chi connectivity index (χ0n) is 6.57. The lowest BCUT2D eigenvalue weighted by Crippen LogP contribution is -2.39. The zero-order chi connectivity index (χ0) is 9.14. The van der Waals surface area contributed by atoms with Gasteiger partial charge in [0.2, 0.25) is 0 Å². The number of hydrogen-bond acceptors (Lipinski definition) is 4. The van der Waals surface area contributed by atoms with Crippen molar-refractivity contribution >= 4 is 12.1 Å². The number of alkyl carbamates (subject to hydrolysis) is 1. The Labute approximate surface area is 69.3 Å². The van der Waals surface area contributed by atoms with Crippen molar-refractivity contribution in [1.29, 1.82) is 0 Å². The van der Waals surface area contributed by atoms with Gasteiger partial charge in [-0.25, -0.2) is 9.59 Å². The van der Waals surface area contributed by atoms with Crippen LogP contribution in [0.3, 0.4) is 0 Å². The first-order valence-corrected chi connectivity index (χ1v) is 3.36. The molecule has 0 radical (unpaired) electrons. The van der Waals surface area contributed by atoms with Crippen LogP contribution in [0.25, 0.3) is 0 Å². The third-order valence-corrected chi connectivity index (χ3v) is 1.53. The first-order chi connectivity index (χ1) is 5.69. The SMILES string of the molecule is C=C[C@H]1OC(=O)N[C@H]1C(=O)OC. The van der Waals surface area contributed by atoms with Gasteiger partial charge in [0.1, 0.15) is 0 Å². The molecule has 1 fully saturated rings. The van der Waals surface area contributed by atoms with Crippen LogP contribution in [0.4, 0.5) is 4.79 Å². The summed E-state index contributed by atoms with van der Waals surface area (Å²) in [4.78, 5) is 21.6. The van der Waals surface area contributed by atoms with Gasteiger partial charge in [-0.2, -0.15) is 0 Å². The lowest BCUT2D eigenvalue weighted by molar-refractivity contribution is -0.143. The molecule has 12 heavy (non-hydrogen) atoms. The Kier molecular flexibility index (Phi) is 2.32. The van der Waals surface area contributed by atoms with Crippen LogP contribution in [0.1, 0.15) is 0 Å². The summed E-state index contributed by atoms with van der Waals surface area (Å²) < 4.78 is 9.11. The van der Waals surface area contributed by atoms with Gasteiger partial charge in [-0.1, -0.05) is 6.58 Å². The standard InChI is InChI=1S/C7H9NO4/c1-3-4-5(6(9)11-2)8-7(10)12-4/h3-5H,1H2,2H3,(H,8,10)/t4-,5-/m1/s1. The number of carbonyl (C=O) groups is 2. The maximum Gasteiger partial charge on any atom is 0.408 e. The molecule has 5 nitrogen and oxygen atoms in total. The fourth-order valence-corrected chi connectivity index (χ4v) is 0.939. The minimum Gasteiger partial charge on any atom is -0.467 e. The molecule has 0 bridgehead atoms. The summed E-state index contributed by atoms with van der Waals surface area (Å²) in [6.45, 7) is 3.42. The van der Waals surface area contributed by atoms with Crippen LogP contribution in [-0.2, 0) is 14.3 Å². The number of esters is 1. The Balaban J connectivity index is 2.69. The number of hydrogen-bond donors (Lipinski definition) is 1. The van der Waals surface area contributed by atoms with Gasteiger partial charge in [0, 0.05) is 0 Å². The lowest BCUT2D eigenvalue weighted by Gasteiger charge is -2.09. The quantitative estimate of drug-likeness (QED) is 0.462. The van der Waals surface area contributed by atoms with Crippen molar-refractivity contribution in [3.8, 4) is 0 Å². The molecule has 2 atom stereocenters. The summed E-state index contributed by atoms with van der Waals surface area (Å²) in [6.07, 6.45) is 0.111. The Bertz CT molecular complexity index is 225. The summed E-state index contributed by atoms with van der Waals surface area (Å²) >= 11 is 0. The van der Waals surface area contributed by atoms with E-state index in [4.69, 9.17) is 0 Å². The molecule has 5 heteroatoms. The van der Waals surface area contributed by atoms with Crippen molar-refractivity contribution < 1.29 is 19.1 Å². The normalized spacial score (nSPS) is 27.2. The van der Waals surface area contributed by atoms with E-state index >= 15 is 0 Å². The molecule has 1 aliphatic rings. The number of rotatable bonds is 2. The summed E-state index contributed by atoms with van der Waals surface area (Å²) in [6, 6.07) is -0.764. The van der Waals surface area contributed by atoms with E-state index in [1.807, 2.05) is 0 Å². The number of cyclic esters (lactones) is 1. The number of nitrogens with one attached hydrogen (secondary N) is 1. The van der Waals surface area contributed by atoms with Crippen LogP contribution in [0.2, 0.25) is 0 Å². The van der Waals surface area contributed by atoms with Gasteiger partial charge in [0.15, 0.2) is 12.1 Å². The third-order valence-electron chi connectivity index (χ3n) is 1.53. The van der Waals surface area contributed by atoms with Crippen molar-refractivity contribution in [3.63, 3.8) is 0 Å². The van der Waals surface area contributed by atoms with Gasteiger partial charge >= 0.3 is 12.1 Å². The van der Waals surface area contributed by atoms with Crippen LogP contribution in [-0.4, -0.2) is 31.3 Å². The maximum atomic E-state index is 11.0. The van der Waals surface area contributed by atoms with Gasteiger partial charge in [-0.05, 0) is 6.08 Å². The Hall–Kier alpha value is -1.52. The molecule has 0 aromatic heterocycles. The lowest BCUT2D eigenvalue weighted by atomic mass is 10.2. The minimum atomic E-state index is -0.764. The van der Waals surface area contributed by atoms with Crippen LogP contribution in [0.5, 0.6) is 0 Å². The van der Waals surface area contributed by atoms with E-state index in [9.17, 15) is 9.59 Å². The van der Waals surface area contributed by atoms with E-state index in [-0.39, 0.29) is 0 Å². The average molecular weight is 171 g/mol. The summed E-state index contributed by atoms with van der Waals surface area (Å²) in [5.41, 5.74) is 0. The molecule has 0 saturated carbocycles. The van der Waals surface area contributed by atoms with E-state index in [1.165, 1.54) is 13.2 Å². The largest absolute Gasteiger partial charge is 0.467 e. The molecule has 0 aromatic carbocycles. The Morgan fingerprint density at radius 1 is 1.83 bits per heavy atom. The molecular weight excluding hydrogens is 162 g/mol. The van der Waals surface area contributed by atoms with Crippen LogP contribution in [0.15, 0.2) is 12.7 Å². The van der Waals surface area contributed by atoms with Crippen molar-refractivity contribution in [3.05, 3.63) is 12.7 Å². The topological polar surface area (TPSA) is 64.6 Å². The molecule has 0 unspecified atom stereocenters. The van der Waals surface area contributed by atoms with E-state index in [2.05, 4.69) is 21.4 Å². The van der Waals surface area contributed by atoms with E-state index < -0.39 is 24.2 Å². The minimum absolute atomic E-state index is 0.536. The number of ether oxygens (including phenoxy) is 2. The molecule has 1 rings (SSSR count). The van der Waals surface area contributed by atoms with Gasteiger partial charge in [0.05, 0.1) is 7.11 Å². The zero-order valence-corrected chi connectivity index (χ0v) is 6.57. The molecule has 1 saturated heterocycles. The fraction of sp³-hybridized carbons (Fsp3) is 0.429. The Morgan fingerprint density at radius 2 is 2.50 bits per heavy atom. The summed E-state index contributed by atoms with van der Waals surface area (Å²) in [5.74, 6) is -0.536. The second-order valence-electron chi connectivity index (χ2n) is 2.25.